The van der Waals surface area contributed by atoms with Crippen molar-refractivity contribution < 1.29 is 9.59 Å². The highest BCUT2D eigenvalue weighted by molar-refractivity contribution is 9.10. The highest BCUT2D eigenvalue weighted by Gasteiger charge is 2.28. The summed E-state index contributed by atoms with van der Waals surface area (Å²) in [6, 6.07) is 3.84. The summed E-state index contributed by atoms with van der Waals surface area (Å²) < 4.78 is 0.882. The second-order valence-electron chi connectivity index (χ2n) is 4.98. The Morgan fingerprint density at radius 1 is 1.37 bits per heavy atom. The number of nitrogens with zero attached hydrogens (tertiary/aromatic N) is 1. The van der Waals surface area contributed by atoms with E-state index < -0.39 is 0 Å². The number of benzene rings is 1. The zero-order valence-corrected chi connectivity index (χ0v) is 12.9. The Bertz CT molecular complexity index is 540. The average Bonchev–Trinajstić information content (AvgIpc) is 2.76. The SMILES string of the molecule is CC(=O)N(C(=O)C(C)C)c1cc(Br)cc2c1NCC2. The molecular weight excluding hydrogens is 308 g/mol. The first-order valence-corrected chi connectivity index (χ1v) is 7.12. The quantitative estimate of drug-likeness (QED) is 0.909. The van der Waals surface area contributed by atoms with Crippen molar-refractivity contribution >= 4 is 39.1 Å². The lowest BCUT2D eigenvalue weighted by Crippen LogP contribution is -2.38. The van der Waals surface area contributed by atoms with Gasteiger partial charge in [-0.15, -0.1) is 0 Å². The van der Waals surface area contributed by atoms with Gasteiger partial charge in [0.15, 0.2) is 0 Å². The third-order valence-electron chi connectivity index (χ3n) is 3.13. The molecular formula is C14H17BrN2O2. The van der Waals surface area contributed by atoms with Crippen molar-refractivity contribution in [1.29, 1.82) is 0 Å². The predicted molar refractivity (Wildman–Crippen MR) is 79.3 cm³/mol. The van der Waals surface area contributed by atoms with Crippen LogP contribution in [0.4, 0.5) is 11.4 Å². The summed E-state index contributed by atoms with van der Waals surface area (Å²) >= 11 is 3.44. The van der Waals surface area contributed by atoms with Gasteiger partial charge >= 0.3 is 0 Å². The molecule has 19 heavy (non-hydrogen) atoms. The van der Waals surface area contributed by atoms with E-state index in [0.29, 0.717) is 5.69 Å². The van der Waals surface area contributed by atoms with Crippen LogP contribution in [0.25, 0.3) is 0 Å². The fourth-order valence-electron chi connectivity index (χ4n) is 2.25. The van der Waals surface area contributed by atoms with Gasteiger partial charge in [-0.05, 0) is 24.1 Å². The highest BCUT2D eigenvalue weighted by atomic mass is 79.9. The molecule has 0 saturated carbocycles. The van der Waals surface area contributed by atoms with Gasteiger partial charge in [-0.1, -0.05) is 29.8 Å². The maximum Gasteiger partial charge on any atom is 0.236 e. The van der Waals surface area contributed by atoms with E-state index in [-0.39, 0.29) is 17.7 Å². The van der Waals surface area contributed by atoms with E-state index in [4.69, 9.17) is 0 Å². The number of nitrogens with one attached hydrogen (secondary N) is 1. The zero-order chi connectivity index (χ0) is 14.2. The summed E-state index contributed by atoms with van der Waals surface area (Å²) in [5.41, 5.74) is 2.67. The van der Waals surface area contributed by atoms with Crippen LogP contribution >= 0.6 is 15.9 Å². The third kappa shape index (κ3) is 2.66. The van der Waals surface area contributed by atoms with Crippen molar-refractivity contribution in [1.82, 2.24) is 0 Å². The molecule has 4 nitrogen and oxygen atoms in total. The molecule has 0 unspecified atom stereocenters. The fraction of sp³-hybridized carbons (Fsp3) is 0.429. The molecule has 2 amide bonds. The molecule has 0 fully saturated rings. The molecule has 1 aliphatic heterocycles. The Kier molecular flexibility index (Phi) is 3.94. The minimum atomic E-state index is -0.257. The van der Waals surface area contributed by atoms with Crippen LogP contribution in [0, 0.1) is 5.92 Å². The van der Waals surface area contributed by atoms with Crippen molar-refractivity contribution in [3.05, 3.63) is 22.2 Å². The number of hydrogen-bond acceptors (Lipinski definition) is 3. The van der Waals surface area contributed by atoms with Gasteiger partial charge in [-0.3, -0.25) is 9.59 Å². The van der Waals surface area contributed by atoms with Gasteiger partial charge in [0.25, 0.3) is 0 Å². The number of imide groups is 1. The van der Waals surface area contributed by atoms with Crippen LogP contribution in [0.1, 0.15) is 26.3 Å². The Labute approximate surface area is 121 Å². The predicted octanol–water partition coefficient (Wildman–Crippen LogP) is 2.95. The lowest BCUT2D eigenvalue weighted by molar-refractivity contribution is -0.127. The van der Waals surface area contributed by atoms with Gasteiger partial charge in [0.05, 0.1) is 11.4 Å². The third-order valence-corrected chi connectivity index (χ3v) is 3.59. The van der Waals surface area contributed by atoms with Gasteiger partial charge in [-0.25, -0.2) is 4.90 Å². The lowest BCUT2D eigenvalue weighted by atomic mass is 10.1. The molecule has 0 aromatic heterocycles. The molecule has 0 saturated heterocycles. The Morgan fingerprint density at radius 2 is 2.05 bits per heavy atom. The van der Waals surface area contributed by atoms with Crippen LogP contribution in [0.5, 0.6) is 0 Å². The Balaban J connectivity index is 2.55. The van der Waals surface area contributed by atoms with E-state index >= 15 is 0 Å². The van der Waals surface area contributed by atoms with Crippen molar-refractivity contribution in [2.75, 3.05) is 16.8 Å². The summed E-state index contributed by atoms with van der Waals surface area (Å²) in [5.74, 6) is -0.658. The summed E-state index contributed by atoms with van der Waals surface area (Å²) in [7, 11) is 0. The lowest BCUT2D eigenvalue weighted by Gasteiger charge is -2.24. The van der Waals surface area contributed by atoms with Gasteiger partial charge in [0.2, 0.25) is 11.8 Å². The largest absolute Gasteiger partial charge is 0.383 e. The first-order valence-electron chi connectivity index (χ1n) is 6.32. The maximum atomic E-state index is 12.3. The number of amides is 2. The van der Waals surface area contributed by atoms with Crippen LogP contribution in [-0.2, 0) is 16.0 Å². The molecule has 0 aliphatic carbocycles. The maximum absolute atomic E-state index is 12.3. The normalized spacial score (nSPS) is 13.1. The van der Waals surface area contributed by atoms with Crippen LogP contribution < -0.4 is 10.2 Å². The van der Waals surface area contributed by atoms with Gasteiger partial charge in [0, 0.05) is 23.9 Å². The first kappa shape index (κ1) is 14.1. The number of hydrogen-bond donors (Lipinski definition) is 1. The fourth-order valence-corrected chi connectivity index (χ4v) is 2.74. The molecule has 0 atom stereocenters. The van der Waals surface area contributed by atoms with Crippen LogP contribution in [0.2, 0.25) is 0 Å². The molecule has 1 aromatic carbocycles. The Hall–Kier alpha value is -1.36. The monoisotopic (exact) mass is 324 g/mol. The second kappa shape index (κ2) is 5.33. The Morgan fingerprint density at radius 3 is 2.63 bits per heavy atom. The van der Waals surface area contributed by atoms with Gasteiger partial charge < -0.3 is 5.32 Å². The van der Waals surface area contributed by atoms with E-state index in [1.165, 1.54) is 11.8 Å². The van der Waals surface area contributed by atoms with Crippen molar-refractivity contribution in [2.24, 2.45) is 5.92 Å². The summed E-state index contributed by atoms with van der Waals surface area (Å²) in [6.07, 6.45) is 0.906. The summed E-state index contributed by atoms with van der Waals surface area (Å²) in [4.78, 5) is 25.4. The zero-order valence-electron chi connectivity index (χ0n) is 11.3. The molecule has 102 valence electrons. The van der Waals surface area contributed by atoms with Gasteiger partial charge in [0.1, 0.15) is 0 Å². The van der Waals surface area contributed by atoms with Crippen LogP contribution in [0.3, 0.4) is 0 Å². The molecule has 0 radical (unpaired) electrons. The molecule has 5 heteroatoms. The van der Waals surface area contributed by atoms with E-state index in [1.807, 2.05) is 12.1 Å². The molecule has 0 spiro atoms. The topological polar surface area (TPSA) is 49.4 Å². The molecule has 1 heterocycles. The van der Waals surface area contributed by atoms with Gasteiger partial charge in [-0.2, -0.15) is 0 Å². The van der Waals surface area contributed by atoms with E-state index in [9.17, 15) is 9.59 Å². The number of carbonyl (C=O) groups is 2. The van der Waals surface area contributed by atoms with Crippen molar-refractivity contribution in [3.8, 4) is 0 Å². The standard InChI is InChI=1S/C14H17BrN2O2/c1-8(2)14(19)17(9(3)18)12-7-11(15)6-10-4-5-16-13(10)12/h6-8,16H,4-5H2,1-3H3. The van der Waals surface area contributed by atoms with Crippen LogP contribution in [0.15, 0.2) is 16.6 Å². The van der Waals surface area contributed by atoms with E-state index in [0.717, 1.165) is 28.7 Å². The molecule has 0 bridgehead atoms. The number of anilines is 2. The minimum absolute atomic E-state index is 0.179. The molecule has 1 N–H and O–H groups in total. The number of carbonyl (C=O) groups excluding carboxylic acids is 2. The first-order chi connectivity index (χ1) is 8.91. The molecule has 1 aromatic rings. The smallest absolute Gasteiger partial charge is 0.236 e. The number of rotatable bonds is 2. The number of halogens is 1. The minimum Gasteiger partial charge on any atom is -0.383 e. The highest BCUT2D eigenvalue weighted by Crippen LogP contribution is 2.37. The van der Waals surface area contributed by atoms with E-state index in [1.54, 1.807) is 13.8 Å². The summed E-state index contributed by atoms with van der Waals surface area (Å²) in [6.45, 7) is 5.84. The molecule has 1 aliphatic rings. The molecule has 2 rings (SSSR count). The van der Waals surface area contributed by atoms with E-state index in [2.05, 4.69) is 21.2 Å². The van der Waals surface area contributed by atoms with Crippen LogP contribution in [-0.4, -0.2) is 18.4 Å². The second-order valence-corrected chi connectivity index (χ2v) is 5.90. The number of fused-ring (bicyclic) bond motifs is 1. The average molecular weight is 325 g/mol. The van der Waals surface area contributed by atoms with Crippen molar-refractivity contribution in [2.45, 2.75) is 27.2 Å². The summed E-state index contributed by atoms with van der Waals surface area (Å²) in [5, 5.41) is 3.26. The van der Waals surface area contributed by atoms with Crippen molar-refractivity contribution in [3.63, 3.8) is 0 Å².